The van der Waals surface area contributed by atoms with Crippen molar-refractivity contribution in [1.29, 1.82) is 0 Å². The van der Waals surface area contributed by atoms with E-state index in [0.717, 1.165) is 22.0 Å². The Bertz CT molecular complexity index is 1020. The highest BCUT2D eigenvalue weighted by atomic mass is 79.9. The van der Waals surface area contributed by atoms with E-state index in [1.807, 2.05) is 54.6 Å². The molecule has 4 rings (SSSR count). The van der Waals surface area contributed by atoms with Gasteiger partial charge in [-0.15, -0.1) is 0 Å². The molecule has 2 aromatic carbocycles. The van der Waals surface area contributed by atoms with Crippen LogP contribution in [0.15, 0.2) is 63.5 Å². The number of hydrogen-bond donors (Lipinski definition) is 1. The molecule has 0 spiro atoms. The molecule has 0 aliphatic heterocycles. The molecule has 1 aliphatic carbocycles. The number of furan rings is 1. The van der Waals surface area contributed by atoms with Gasteiger partial charge in [0.2, 0.25) is 0 Å². The predicted octanol–water partition coefficient (Wildman–Crippen LogP) is 5.39. The molecule has 1 N–H and O–H groups in total. The van der Waals surface area contributed by atoms with Crippen LogP contribution >= 0.6 is 15.9 Å². The molecule has 142 valence electrons. The number of nitrogens with one attached hydrogen (secondary N) is 1. The number of carbonyl (C=O) groups is 2. The Morgan fingerprint density at radius 3 is 2.39 bits per heavy atom. The highest BCUT2D eigenvalue weighted by Gasteiger charge is 2.30. The molecule has 5 heteroatoms. The molecule has 0 bridgehead atoms. The number of carbonyl (C=O) groups excluding carboxylic acids is 2. The van der Waals surface area contributed by atoms with Crippen LogP contribution in [0.2, 0.25) is 0 Å². The van der Waals surface area contributed by atoms with E-state index in [0.29, 0.717) is 29.7 Å². The van der Waals surface area contributed by atoms with Gasteiger partial charge in [0.05, 0.1) is 11.6 Å². The summed E-state index contributed by atoms with van der Waals surface area (Å²) in [6, 6.07) is 17.3. The average Bonchev–Trinajstić information content (AvgIpc) is 3.05. The van der Waals surface area contributed by atoms with Crippen LogP contribution in [0.3, 0.4) is 0 Å². The van der Waals surface area contributed by atoms with Crippen molar-refractivity contribution in [3.63, 3.8) is 0 Å². The van der Waals surface area contributed by atoms with Gasteiger partial charge in [0.15, 0.2) is 11.5 Å². The van der Waals surface area contributed by atoms with Crippen LogP contribution in [0.1, 0.15) is 62.2 Å². The van der Waals surface area contributed by atoms with Crippen LogP contribution in [-0.4, -0.2) is 11.7 Å². The van der Waals surface area contributed by atoms with E-state index < -0.39 is 0 Å². The minimum Gasteiger partial charge on any atom is -0.455 e. The Morgan fingerprint density at radius 2 is 1.71 bits per heavy atom. The van der Waals surface area contributed by atoms with Crippen LogP contribution in [0.4, 0.5) is 0 Å². The Kier molecular flexibility index (Phi) is 5.18. The first-order chi connectivity index (χ1) is 13.5. The fourth-order valence-corrected chi connectivity index (χ4v) is 3.99. The first-order valence-electron chi connectivity index (χ1n) is 9.31. The van der Waals surface area contributed by atoms with Gasteiger partial charge in [-0.05, 0) is 36.6 Å². The summed E-state index contributed by atoms with van der Waals surface area (Å²) in [5.74, 6) is 0.627. The number of hydrogen-bond acceptors (Lipinski definition) is 3. The maximum absolute atomic E-state index is 13.1. The molecule has 1 amide bonds. The normalized spacial score (nSPS) is 14.4. The lowest BCUT2D eigenvalue weighted by atomic mass is 9.94. The van der Waals surface area contributed by atoms with Crippen LogP contribution in [0.25, 0.3) is 0 Å². The molecule has 1 aliphatic rings. The number of Topliss-reactive ketones (excluding diaryl/α,β-unsaturated/α-hetero) is 1. The predicted molar refractivity (Wildman–Crippen MR) is 111 cm³/mol. The van der Waals surface area contributed by atoms with Crippen LogP contribution in [0, 0.1) is 6.92 Å². The lowest BCUT2D eigenvalue weighted by Crippen LogP contribution is -2.29. The zero-order chi connectivity index (χ0) is 19.7. The summed E-state index contributed by atoms with van der Waals surface area (Å²) < 4.78 is 6.79. The highest BCUT2D eigenvalue weighted by Crippen LogP contribution is 2.30. The molecule has 1 unspecified atom stereocenters. The van der Waals surface area contributed by atoms with Gasteiger partial charge in [-0.1, -0.05) is 58.4 Å². The summed E-state index contributed by atoms with van der Waals surface area (Å²) in [4.78, 5) is 25.3. The second-order valence-electron chi connectivity index (χ2n) is 7.00. The number of amides is 1. The van der Waals surface area contributed by atoms with Crippen LogP contribution in [0.5, 0.6) is 0 Å². The molecular weight excluding hydrogens is 418 g/mol. The summed E-state index contributed by atoms with van der Waals surface area (Å²) in [7, 11) is 0. The van der Waals surface area contributed by atoms with Gasteiger partial charge in [-0.3, -0.25) is 9.59 Å². The van der Waals surface area contributed by atoms with Gasteiger partial charge in [-0.25, -0.2) is 0 Å². The SMILES string of the molecule is Cc1c(C(=O)NC(c2ccccc2)c2ccc(Br)cc2)oc2c1C(=O)CCC2. The maximum atomic E-state index is 13.1. The van der Waals surface area contributed by atoms with Gasteiger partial charge in [0, 0.05) is 22.9 Å². The van der Waals surface area contributed by atoms with Gasteiger partial charge >= 0.3 is 0 Å². The Hall–Kier alpha value is -2.66. The fraction of sp³-hybridized carbons (Fsp3) is 0.217. The monoisotopic (exact) mass is 437 g/mol. The Balaban J connectivity index is 1.69. The average molecular weight is 438 g/mol. The molecule has 1 heterocycles. The van der Waals surface area contributed by atoms with Gasteiger partial charge < -0.3 is 9.73 Å². The molecule has 0 radical (unpaired) electrons. The Labute approximate surface area is 172 Å². The fourth-order valence-electron chi connectivity index (χ4n) is 3.72. The van der Waals surface area contributed by atoms with E-state index in [1.165, 1.54) is 0 Å². The molecule has 3 aromatic rings. The van der Waals surface area contributed by atoms with E-state index in [-0.39, 0.29) is 23.5 Å². The van der Waals surface area contributed by atoms with Crippen molar-refractivity contribution in [1.82, 2.24) is 5.32 Å². The Morgan fingerprint density at radius 1 is 1.04 bits per heavy atom. The van der Waals surface area contributed by atoms with Crippen molar-refractivity contribution in [2.45, 2.75) is 32.2 Å². The van der Waals surface area contributed by atoms with Gasteiger partial charge in [0.25, 0.3) is 5.91 Å². The van der Waals surface area contributed by atoms with Crippen LogP contribution in [-0.2, 0) is 6.42 Å². The third-order valence-electron chi connectivity index (χ3n) is 5.12. The highest BCUT2D eigenvalue weighted by molar-refractivity contribution is 9.10. The first kappa shape index (κ1) is 18.7. The van der Waals surface area contributed by atoms with Crippen molar-refractivity contribution >= 4 is 27.6 Å². The molecular formula is C23H20BrNO3. The zero-order valence-corrected chi connectivity index (χ0v) is 17.1. The van der Waals surface area contributed by atoms with Crippen molar-refractivity contribution in [2.75, 3.05) is 0 Å². The maximum Gasteiger partial charge on any atom is 0.288 e. The summed E-state index contributed by atoms with van der Waals surface area (Å²) in [6.45, 7) is 1.79. The number of ketones is 1. The summed E-state index contributed by atoms with van der Waals surface area (Å²) in [5.41, 5.74) is 3.17. The molecule has 28 heavy (non-hydrogen) atoms. The van der Waals surface area contributed by atoms with E-state index in [9.17, 15) is 9.59 Å². The quantitative estimate of drug-likeness (QED) is 0.594. The number of benzene rings is 2. The summed E-state index contributed by atoms with van der Waals surface area (Å²) >= 11 is 3.45. The second kappa shape index (κ2) is 7.76. The lowest BCUT2D eigenvalue weighted by Gasteiger charge is -2.19. The topological polar surface area (TPSA) is 59.3 Å². The number of fused-ring (bicyclic) bond motifs is 1. The molecule has 1 aromatic heterocycles. The minimum atomic E-state index is -0.320. The van der Waals surface area contributed by atoms with Crippen LogP contribution < -0.4 is 5.32 Å². The standard InChI is InChI=1S/C23H20BrNO3/c1-14-20-18(26)8-5-9-19(20)28-22(14)23(27)25-21(15-6-3-2-4-7-15)16-10-12-17(24)13-11-16/h2-4,6-7,10-13,21H,5,8-9H2,1H3,(H,25,27). The number of aryl methyl sites for hydroxylation is 1. The third-order valence-corrected chi connectivity index (χ3v) is 5.65. The molecule has 1 atom stereocenters. The zero-order valence-electron chi connectivity index (χ0n) is 15.5. The van der Waals surface area contributed by atoms with Crippen molar-refractivity contribution in [3.8, 4) is 0 Å². The summed E-state index contributed by atoms with van der Waals surface area (Å²) in [6.07, 6.45) is 1.98. The number of halogens is 1. The van der Waals surface area contributed by atoms with E-state index >= 15 is 0 Å². The van der Waals surface area contributed by atoms with Gasteiger partial charge in [-0.2, -0.15) is 0 Å². The van der Waals surface area contributed by atoms with E-state index in [1.54, 1.807) is 6.92 Å². The smallest absolute Gasteiger partial charge is 0.288 e. The summed E-state index contributed by atoms with van der Waals surface area (Å²) in [5, 5.41) is 3.09. The molecule has 0 fully saturated rings. The van der Waals surface area contributed by atoms with Crippen molar-refractivity contribution in [3.05, 3.63) is 92.8 Å². The molecule has 4 nitrogen and oxygen atoms in total. The molecule has 0 saturated heterocycles. The van der Waals surface area contributed by atoms with Crippen molar-refractivity contribution < 1.29 is 14.0 Å². The van der Waals surface area contributed by atoms with Crippen molar-refractivity contribution in [2.24, 2.45) is 0 Å². The molecule has 0 saturated carbocycles. The van der Waals surface area contributed by atoms with Gasteiger partial charge in [0.1, 0.15) is 5.76 Å². The minimum absolute atomic E-state index is 0.0640. The second-order valence-corrected chi connectivity index (χ2v) is 7.92. The first-order valence-corrected chi connectivity index (χ1v) is 10.1. The van der Waals surface area contributed by atoms with E-state index in [2.05, 4.69) is 21.2 Å². The lowest BCUT2D eigenvalue weighted by molar-refractivity contribution is 0.0909. The third kappa shape index (κ3) is 3.54. The largest absolute Gasteiger partial charge is 0.455 e. The van der Waals surface area contributed by atoms with E-state index in [4.69, 9.17) is 4.42 Å². The number of rotatable bonds is 4.